The maximum absolute atomic E-state index is 14.1. The van der Waals surface area contributed by atoms with Crippen molar-refractivity contribution in [2.24, 2.45) is 0 Å². The van der Waals surface area contributed by atoms with Gasteiger partial charge in [0.25, 0.3) is 0 Å². The minimum atomic E-state index is -0.573. The number of aryl methyl sites for hydroxylation is 2. The van der Waals surface area contributed by atoms with E-state index in [1.807, 2.05) is 13.0 Å². The van der Waals surface area contributed by atoms with Crippen molar-refractivity contribution in [1.82, 2.24) is 0 Å². The monoisotopic (exact) mass is 540 g/mol. The molecule has 0 bridgehead atoms. The number of rotatable bonds is 7. The van der Waals surface area contributed by atoms with E-state index in [0.29, 0.717) is 23.6 Å². The topological polar surface area (TPSA) is 72.7 Å². The van der Waals surface area contributed by atoms with E-state index < -0.39 is 5.97 Å². The van der Waals surface area contributed by atoms with E-state index >= 15 is 0 Å². The highest BCUT2D eigenvalue weighted by atomic mass is 19.1. The van der Waals surface area contributed by atoms with Crippen molar-refractivity contribution in [3.63, 3.8) is 0 Å². The van der Waals surface area contributed by atoms with Crippen LogP contribution < -0.4 is 20.1 Å². The first-order valence-electron chi connectivity index (χ1n) is 13.1. The van der Waals surface area contributed by atoms with Gasteiger partial charge < -0.3 is 24.5 Å². The Bertz CT molecular complexity index is 1630. The quantitative estimate of drug-likeness (QED) is 0.182. The molecule has 1 aliphatic heterocycles. The molecule has 0 unspecified atom stereocenters. The molecule has 7 heteroatoms. The average molecular weight is 541 g/mol. The number of fused-ring (bicyclic) bond motifs is 1. The van der Waals surface area contributed by atoms with Crippen LogP contribution in [-0.4, -0.2) is 18.6 Å². The van der Waals surface area contributed by atoms with Crippen molar-refractivity contribution in [3.8, 4) is 22.6 Å². The molecule has 40 heavy (non-hydrogen) atoms. The molecule has 0 saturated carbocycles. The van der Waals surface area contributed by atoms with Crippen LogP contribution in [0.25, 0.3) is 16.7 Å². The van der Waals surface area contributed by atoms with Gasteiger partial charge in [0, 0.05) is 40.7 Å². The number of esters is 1. The molecule has 0 atom stereocenters. The van der Waals surface area contributed by atoms with Gasteiger partial charge >= 0.3 is 5.97 Å². The van der Waals surface area contributed by atoms with E-state index in [1.54, 1.807) is 38.3 Å². The van der Waals surface area contributed by atoms with E-state index in [9.17, 15) is 9.18 Å². The van der Waals surface area contributed by atoms with E-state index in [0.717, 1.165) is 44.8 Å². The summed E-state index contributed by atoms with van der Waals surface area (Å²) in [6, 6.07) is 15.9. The van der Waals surface area contributed by atoms with Crippen LogP contribution in [0.5, 0.6) is 11.5 Å². The number of benzene rings is 3. The predicted octanol–water partition coefficient (Wildman–Crippen LogP) is 8.15. The number of methoxy groups -OCH3 is 1. The molecular weight excluding hydrogens is 507 g/mol. The van der Waals surface area contributed by atoms with E-state index in [1.165, 1.54) is 18.4 Å². The van der Waals surface area contributed by atoms with Crippen LogP contribution in [0.2, 0.25) is 0 Å². The largest absolute Gasteiger partial charge is 0.496 e. The van der Waals surface area contributed by atoms with Gasteiger partial charge in [0.15, 0.2) is 0 Å². The third-order valence-corrected chi connectivity index (χ3v) is 7.12. The Kier molecular flexibility index (Phi) is 7.15. The van der Waals surface area contributed by atoms with Crippen LogP contribution in [0.4, 0.5) is 15.8 Å². The summed E-state index contributed by atoms with van der Waals surface area (Å²) < 4.78 is 30.7. The molecule has 206 valence electrons. The van der Waals surface area contributed by atoms with Crippen molar-refractivity contribution in [1.29, 1.82) is 0 Å². The molecule has 5 rings (SSSR count). The Morgan fingerprint density at radius 2 is 1.77 bits per heavy atom. The highest BCUT2D eigenvalue weighted by Gasteiger charge is 2.27. The number of nitrogens with one attached hydrogen (secondary N) is 2. The summed E-state index contributed by atoms with van der Waals surface area (Å²) in [4.78, 5) is 12.6. The lowest BCUT2D eigenvalue weighted by Gasteiger charge is -2.33. The zero-order valence-corrected chi connectivity index (χ0v) is 23.6. The number of anilines is 2. The van der Waals surface area contributed by atoms with Crippen LogP contribution >= 0.6 is 0 Å². The Balaban J connectivity index is 1.57. The summed E-state index contributed by atoms with van der Waals surface area (Å²) in [6.07, 6.45) is 3.67. The van der Waals surface area contributed by atoms with Gasteiger partial charge in [0.2, 0.25) is 5.76 Å². The average Bonchev–Trinajstić information content (AvgIpc) is 3.34. The van der Waals surface area contributed by atoms with Gasteiger partial charge in [-0.25, -0.2) is 9.18 Å². The number of allylic oxidation sites excluding steroid dienone is 1. The first kappa shape index (κ1) is 27.1. The number of ether oxygens (including phenoxy) is 2. The van der Waals surface area contributed by atoms with Crippen LogP contribution in [0, 0.1) is 19.7 Å². The van der Waals surface area contributed by atoms with E-state index in [-0.39, 0.29) is 17.1 Å². The number of hydrogen-bond acceptors (Lipinski definition) is 6. The molecule has 2 N–H and O–H groups in total. The lowest BCUT2D eigenvalue weighted by molar-refractivity contribution is 0.0700. The second-order valence-electron chi connectivity index (χ2n) is 10.7. The third-order valence-electron chi connectivity index (χ3n) is 7.12. The lowest BCUT2D eigenvalue weighted by atomic mass is 9.85. The van der Waals surface area contributed by atoms with Crippen LogP contribution in [0.3, 0.4) is 0 Å². The molecule has 4 aromatic rings. The summed E-state index contributed by atoms with van der Waals surface area (Å²) in [5, 5.41) is 7.07. The highest BCUT2D eigenvalue weighted by Crippen LogP contribution is 2.43. The molecule has 2 heterocycles. The first-order valence-corrected chi connectivity index (χ1v) is 13.1. The second-order valence-corrected chi connectivity index (χ2v) is 10.7. The van der Waals surface area contributed by atoms with Crippen molar-refractivity contribution in [2.75, 3.05) is 17.7 Å². The van der Waals surface area contributed by atoms with E-state index in [4.69, 9.17) is 13.9 Å². The van der Waals surface area contributed by atoms with Gasteiger partial charge in [-0.2, -0.15) is 0 Å². The smallest absolute Gasteiger partial charge is 0.379 e. The Morgan fingerprint density at radius 1 is 1.00 bits per heavy atom. The van der Waals surface area contributed by atoms with Gasteiger partial charge in [0.05, 0.1) is 18.9 Å². The SMILES string of the molecule is COc1cc(OC(=O)c2occc2C)ccc1-c1ccc2c(c1CNc1cc(F)ccc1C)C(C)=CC(C)(C)N2. The fourth-order valence-corrected chi connectivity index (χ4v) is 5.30. The zero-order valence-electron chi connectivity index (χ0n) is 23.6. The predicted molar refractivity (Wildman–Crippen MR) is 157 cm³/mol. The first-order chi connectivity index (χ1) is 19.1. The van der Waals surface area contributed by atoms with E-state index in [2.05, 4.69) is 49.6 Å². The van der Waals surface area contributed by atoms with Gasteiger partial charge in [-0.1, -0.05) is 18.2 Å². The Morgan fingerprint density at radius 3 is 2.50 bits per heavy atom. The molecule has 0 fully saturated rings. The zero-order chi connectivity index (χ0) is 28.6. The number of halogens is 1. The number of furan rings is 1. The Hall–Kier alpha value is -4.52. The molecule has 3 aromatic carbocycles. The van der Waals surface area contributed by atoms with Gasteiger partial charge in [-0.15, -0.1) is 0 Å². The normalized spacial score (nSPS) is 13.6. The molecule has 0 saturated heterocycles. The molecule has 6 nitrogen and oxygen atoms in total. The molecule has 1 aromatic heterocycles. The van der Waals surface area contributed by atoms with Gasteiger partial charge in [0.1, 0.15) is 17.3 Å². The summed E-state index contributed by atoms with van der Waals surface area (Å²) in [5.74, 6) is 0.191. The van der Waals surface area contributed by atoms with Gasteiger partial charge in [-0.3, -0.25) is 0 Å². The molecule has 0 amide bonds. The maximum atomic E-state index is 14.1. The maximum Gasteiger partial charge on any atom is 0.379 e. The van der Waals surface area contributed by atoms with Crippen LogP contribution in [-0.2, 0) is 6.54 Å². The molecule has 0 radical (unpaired) electrons. The second kappa shape index (κ2) is 10.6. The molecular formula is C33H33FN2O4. The summed E-state index contributed by atoms with van der Waals surface area (Å²) in [7, 11) is 1.59. The van der Waals surface area contributed by atoms with Crippen LogP contribution in [0.1, 0.15) is 53.6 Å². The lowest BCUT2D eigenvalue weighted by Crippen LogP contribution is -2.32. The summed E-state index contributed by atoms with van der Waals surface area (Å²) in [5.41, 5.74) is 8.27. The molecule has 0 aliphatic carbocycles. The van der Waals surface area contributed by atoms with Crippen LogP contribution in [0.15, 0.2) is 71.4 Å². The standard InChI is InChI=1S/C33H33FN2O4/c1-19-7-8-22(34)15-28(19)35-18-26-24(11-12-27-30(26)21(3)17-33(4,5)36-27)25-10-9-23(16-29(25)38-6)40-32(37)31-20(2)13-14-39-31/h7-17,35-36H,18H2,1-6H3. The van der Waals surface area contributed by atoms with Crippen molar-refractivity contribution < 1.29 is 23.1 Å². The minimum Gasteiger partial charge on any atom is -0.496 e. The summed E-state index contributed by atoms with van der Waals surface area (Å²) >= 11 is 0. The van der Waals surface area contributed by atoms with Crippen molar-refractivity contribution in [3.05, 3.63) is 101 Å². The fraction of sp³-hybridized carbons (Fsp3) is 0.242. The fourth-order valence-electron chi connectivity index (χ4n) is 5.30. The number of hydrogen-bond donors (Lipinski definition) is 2. The number of carbonyl (C=O) groups is 1. The van der Waals surface area contributed by atoms with Gasteiger partial charge in [-0.05, 0) is 93.3 Å². The third kappa shape index (κ3) is 5.32. The highest BCUT2D eigenvalue weighted by molar-refractivity contribution is 5.91. The number of carbonyl (C=O) groups excluding carboxylic acids is 1. The molecule has 1 aliphatic rings. The summed E-state index contributed by atoms with van der Waals surface area (Å²) in [6.45, 7) is 10.6. The Labute approximate surface area is 233 Å². The van der Waals surface area contributed by atoms with Crippen molar-refractivity contribution in [2.45, 2.75) is 46.7 Å². The van der Waals surface area contributed by atoms with Crippen molar-refractivity contribution >= 4 is 22.9 Å². The molecule has 0 spiro atoms. The minimum absolute atomic E-state index is 0.163.